The van der Waals surface area contributed by atoms with E-state index in [0.29, 0.717) is 17.9 Å². The minimum absolute atomic E-state index is 0.00729. The summed E-state index contributed by atoms with van der Waals surface area (Å²) in [5.74, 6) is -0.403. The number of carbonyl (C=O) groups is 1. The summed E-state index contributed by atoms with van der Waals surface area (Å²) in [6.07, 6.45) is 2.08. The van der Waals surface area contributed by atoms with E-state index in [1.807, 2.05) is 30.3 Å². The summed E-state index contributed by atoms with van der Waals surface area (Å²) in [5.41, 5.74) is 1.62. The van der Waals surface area contributed by atoms with Crippen LogP contribution in [-0.4, -0.2) is 16.6 Å². The van der Waals surface area contributed by atoms with Crippen LogP contribution in [0, 0.1) is 5.82 Å². The lowest BCUT2D eigenvalue weighted by Crippen LogP contribution is -2.27. The molecular formula is C20H15FN2O2. The summed E-state index contributed by atoms with van der Waals surface area (Å²) in [5, 5.41) is 5.80. The molecule has 2 aromatic carbocycles. The molecule has 0 N–H and O–H groups in total. The number of amides is 1. The highest BCUT2D eigenvalue weighted by Crippen LogP contribution is 2.34. The van der Waals surface area contributed by atoms with Gasteiger partial charge in [-0.25, -0.2) is 9.40 Å². The first-order valence-electron chi connectivity index (χ1n) is 7.98. The van der Waals surface area contributed by atoms with Crippen molar-refractivity contribution in [2.45, 2.75) is 12.5 Å². The van der Waals surface area contributed by atoms with Crippen molar-refractivity contribution in [2.24, 2.45) is 5.10 Å². The highest BCUT2D eigenvalue weighted by Gasteiger charge is 2.35. The third-order valence-electron chi connectivity index (χ3n) is 4.21. The van der Waals surface area contributed by atoms with Gasteiger partial charge in [0.2, 0.25) is 0 Å². The molecule has 4 rings (SSSR count). The Morgan fingerprint density at radius 3 is 2.52 bits per heavy atom. The molecule has 0 unspecified atom stereocenters. The summed E-state index contributed by atoms with van der Waals surface area (Å²) in [6.45, 7) is 0. The molecule has 0 spiro atoms. The van der Waals surface area contributed by atoms with Gasteiger partial charge in [0.1, 0.15) is 17.3 Å². The van der Waals surface area contributed by atoms with E-state index in [2.05, 4.69) is 5.10 Å². The molecule has 5 heteroatoms. The minimum atomic E-state index is -0.555. The number of hydrogen-bond acceptors (Lipinski definition) is 3. The third kappa shape index (κ3) is 2.85. The van der Waals surface area contributed by atoms with Gasteiger partial charge in [-0.3, -0.25) is 4.79 Å². The Labute approximate surface area is 144 Å². The zero-order valence-corrected chi connectivity index (χ0v) is 13.3. The fourth-order valence-electron chi connectivity index (χ4n) is 2.98. The van der Waals surface area contributed by atoms with Gasteiger partial charge in [0.25, 0.3) is 5.91 Å². The molecule has 4 nitrogen and oxygen atoms in total. The average molecular weight is 334 g/mol. The number of halogens is 1. The standard InChI is InChI=1S/C20H15FN2O2/c21-16-10-5-4-9-15(16)20(24)23-18(14-7-2-1-3-8-14)13-17(22-23)19-11-6-12-25-19/h1-12,18H,13H2/t18-/m0/s1. The molecule has 0 saturated carbocycles. The number of hydrazone groups is 1. The highest BCUT2D eigenvalue weighted by molar-refractivity contribution is 6.03. The van der Waals surface area contributed by atoms with E-state index in [1.54, 1.807) is 30.5 Å². The number of furan rings is 1. The van der Waals surface area contributed by atoms with Crippen LogP contribution >= 0.6 is 0 Å². The van der Waals surface area contributed by atoms with Crippen LogP contribution in [-0.2, 0) is 0 Å². The van der Waals surface area contributed by atoms with Crippen molar-refractivity contribution in [3.05, 3.63) is 95.7 Å². The Morgan fingerprint density at radius 2 is 1.80 bits per heavy atom. The lowest BCUT2D eigenvalue weighted by Gasteiger charge is -2.22. The van der Waals surface area contributed by atoms with Crippen molar-refractivity contribution in [2.75, 3.05) is 0 Å². The summed E-state index contributed by atoms with van der Waals surface area (Å²) >= 11 is 0. The lowest BCUT2D eigenvalue weighted by molar-refractivity contribution is 0.0706. The number of hydrogen-bond donors (Lipinski definition) is 0. The van der Waals surface area contributed by atoms with Crippen LogP contribution in [0.15, 0.2) is 82.5 Å². The Bertz CT molecular complexity index is 920. The molecule has 124 valence electrons. The normalized spacial score (nSPS) is 16.8. The topological polar surface area (TPSA) is 45.8 Å². The van der Waals surface area contributed by atoms with Crippen molar-refractivity contribution in [1.29, 1.82) is 0 Å². The fourth-order valence-corrected chi connectivity index (χ4v) is 2.98. The van der Waals surface area contributed by atoms with Gasteiger partial charge in [-0.15, -0.1) is 0 Å². The number of rotatable bonds is 3. The second kappa shape index (κ2) is 6.36. The van der Waals surface area contributed by atoms with Gasteiger partial charge in [0.15, 0.2) is 0 Å². The zero-order chi connectivity index (χ0) is 17.2. The fraction of sp³-hybridized carbons (Fsp3) is 0.100. The van der Waals surface area contributed by atoms with E-state index >= 15 is 0 Å². The molecule has 1 aliphatic heterocycles. The predicted molar refractivity (Wildman–Crippen MR) is 91.6 cm³/mol. The van der Waals surface area contributed by atoms with Crippen molar-refractivity contribution in [3.8, 4) is 0 Å². The molecule has 25 heavy (non-hydrogen) atoms. The second-order valence-electron chi connectivity index (χ2n) is 5.78. The summed E-state index contributed by atoms with van der Waals surface area (Å²) in [6, 6.07) is 18.8. The van der Waals surface area contributed by atoms with Crippen molar-refractivity contribution >= 4 is 11.6 Å². The van der Waals surface area contributed by atoms with Crippen LogP contribution in [0.3, 0.4) is 0 Å². The third-order valence-corrected chi connectivity index (χ3v) is 4.21. The molecule has 2 heterocycles. The maximum absolute atomic E-state index is 14.1. The average Bonchev–Trinajstić information content (AvgIpc) is 3.32. The summed E-state index contributed by atoms with van der Waals surface area (Å²) < 4.78 is 19.5. The van der Waals surface area contributed by atoms with Gasteiger partial charge >= 0.3 is 0 Å². The van der Waals surface area contributed by atoms with Crippen molar-refractivity contribution in [1.82, 2.24) is 5.01 Å². The first kappa shape index (κ1) is 15.3. The Hall–Kier alpha value is -3.21. The van der Waals surface area contributed by atoms with Gasteiger partial charge in [0, 0.05) is 6.42 Å². The number of nitrogens with zero attached hydrogens (tertiary/aromatic N) is 2. The van der Waals surface area contributed by atoms with Crippen LogP contribution < -0.4 is 0 Å². The molecule has 0 saturated heterocycles. The molecule has 3 aromatic rings. The van der Waals surface area contributed by atoms with Crippen LogP contribution in [0.1, 0.15) is 34.1 Å². The molecule has 1 amide bonds. The molecule has 0 aliphatic carbocycles. The molecule has 1 atom stereocenters. The van der Waals surface area contributed by atoms with E-state index in [9.17, 15) is 9.18 Å². The smallest absolute Gasteiger partial charge is 0.277 e. The van der Waals surface area contributed by atoms with Crippen molar-refractivity contribution in [3.63, 3.8) is 0 Å². The van der Waals surface area contributed by atoms with Crippen LogP contribution in [0.4, 0.5) is 4.39 Å². The van der Waals surface area contributed by atoms with Crippen molar-refractivity contribution < 1.29 is 13.6 Å². The van der Waals surface area contributed by atoms with E-state index in [1.165, 1.54) is 17.1 Å². The minimum Gasteiger partial charge on any atom is -0.463 e. The SMILES string of the molecule is O=C(c1ccccc1F)N1N=C(c2ccco2)C[C@H]1c1ccccc1. The van der Waals surface area contributed by atoms with Gasteiger partial charge < -0.3 is 4.42 Å². The largest absolute Gasteiger partial charge is 0.463 e. The predicted octanol–water partition coefficient (Wildman–Crippen LogP) is 4.41. The van der Waals surface area contributed by atoms with E-state index in [4.69, 9.17) is 4.42 Å². The van der Waals surface area contributed by atoms with Crippen LogP contribution in [0.25, 0.3) is 0 Å². The lowest BCUT2D eigenvalue weighted by atomic mass is 10.0. The number of benzene rings is 2. The molecular weight excluding hydrogens is 319 g/mol. The Balaban J connectivity index is 1.75. The van der Waals surface area contributed by atoms with E-state index in [0.717, 1.165) is 5.56 Å². The zero-order valence-electron chi connectivity index (χ0n) is 13.3. The van der Waals surface area contributed by atoms with E-state index in [-0.39, 0.29) is 11.6 Å². The Morgan fingerprint density at radius 1 is 1.04 bits per heavy atom. The molecule has 1 aromatic heterocycles. The van der Waals surface area contributed by atoms with Gasteiger partial charge in [0.05, 0.1) is 17.9 Å². The summed E-state index contributed by atoms with van der Waals surface area (Å²) in [7, 11) is 0. The van der Waals surface area contributed by atoms with Crippen LogP contribution in [0.2, 0.25) is 0 Å². The van der Waals surface area contributed by atoms with Gasteiger partial charge in [-0.05, 0) is 29.8 Å². The Kier molecular flexibility index (Phi) is 3.90. The van der Waals surface area contributed by atoms with Gasteiger partial charge in [-0.1, -0.05) is 42.5 Å². The molecule has 0 bridgehead atoms. The quantitative estimate of drug-likeness (QED) is 0.712. The maximum Gasteiger partial charge on any atom is 0.277 e. The first-order chi connectivity index (χ1) is 12.2. The van der Waals surface area contributed by atoms with Crippen LogP contribution in [0.5, 0.6) is 0 Å². The molecule has 0 radical (unpaired) electrons. The monoisotopic (exact) mass is 334 g/mol. The molecule has 1 aliphatic rings. The maximum atomic E-state index is 14.1. The van der Waals surface area contributed by atoms with Gasteiger partial charge in [-0.2, -0.15) is 5.10 Å². The summed E-state index contributed by atoms with van der Waals surface area (Å²) in [4.78, 5) is 12.9. The highest BCUT2D eigenvalue weighted by atomic mass is 19.1. The first-order valence-corrected chi connectivity index (χ1v) is 7.98. The van der Waals surface area contributed by atoms with E-state index < -0.39 is 11.7 Å². The second-order valence-corrected chi connectivity index (χ2v) is 5.78. The molecule has 0 fully saturated rings. The number of carbonyl (C=O) groups excluding carboxylic acids is 1.